The zero-order valence-corrected chi connectivity index (χ0v) is 16.4. The molecule has 0 unspecified atom stereocenters. The van der Waals surface area contributed by atoms with Crippen LogP contribution in [0.25, 0.3) is 0 Å². The number of amides is 2. The van der Waals surface area contributed by atoms with E-state index < -0.39 is 0 Å². The van der Waals surface area contributed by atoms with Crippen LogP contribution in [0.15, 0.2) is 28.7 Å². The minimum Gasteiger partial charge on any atom is -0.425 e. The molecule has 144 valence electrons. The molecular formula is C21H28N4O2. The largest absolute Gasteiger partial charge is 0.425 e. The van der Waals surface area contributed by atoms with Crippen LogP contribution in [0.4, 0.5) is 10.5 Å². The van der Waals surface area contributed by atoms with Crippen molar-refractivity contribution in [3.8, 4) is 0 Å². The highest BCUT2D eigenvalue weighted by Crippen LogP contribution is 2.40. The minimum atomic E-state index is -0.0406. The third-order valence-corrected chi connectivity index (χ3v) is 5.52. The molecule has 1 saturated carbocycles. The van der Waals surface area contributed by atoms with Gasteiger partial charge in [-0.15, -0.1) is 10.2 Å². The van der Waals surface area contributed by atoms with Gasteiger partial charge in [-0.25, -0.2) is 4.79 Å². The first-order valence-electron chi connectivity index (χ1n) is 9.90. The molecular weight excluding hydrogens is 340 g/mol. The molecule has 1 aromatic carbocycles. The molecule has 0 radical (unpaired) electrons. The van der Waals surface area contributed by atoms with Gasteiger partial charge in [0.1, 0.15) is 0 Å². The van der Waals surface area contributed by atoms with Gasteiger partial charge in [-0.1, -0.05) is 32.9 Å². The van der Waals surface area contributed by atoms with Crippen LogP contribution in [-0.4, -0.2) is 34.2 Å². The van der Waals surface area contributed by atoms with Gasteiger partial charge < -0.3 is 14.6 Å². The number of urea groups is 1. The quantitative estimate of drug-likeness (QED) is 0.855. The maximum Gasteiger partial charge on any atom is 0.321 e. The maximum atomic E-state index is 12.6. The van der Waals surface area contributed by atoms with Gasteiger partial charge in [0, 0.05) is 30.6 Å². The Balaban J connectivity index is 1.30. The van der Waals surface area contributed by atoms with Gasteiger partial charge in [0.15, 0.2) is 0 Å². The summed E-state index contributed by atoms with van der Waals surface area (Å²) >= 11 is 0. The van der Waals surface area contributed by atoms with Crippen LogP contribution >= 0.6 is 0 Å². The molecule has 1 aromatic heterocycles. The van der Waals surface area contributed by atoms with Crippen molar-refractivity contribution < 1.29 is 9.21 Å². The third-order valence-electron chi connectivity index (χ3n) is 5.52. The second-order valence-electron chi connectivity index (χ2n) is 8.77. The van der Waals surface area contributed by atoms with Crippen LogP contribution in [0.3, 0.4) is 0 Å². The number of carbonyl (C=O) groups excluding carboxylic acids is 1. The molecule has 1 aliphatic carbocycles. The van der Waals surface area contributed by atoms with Crippen LogP contribution in [0.5, 0.6) is 0 Å². The number of hydrogen-bond donors (Lipinski definition) is 1. The molecule has 6 nitrogen and oxygen atoms in total. The second kappa shape index (κ2) is 6.98. The van der Waals surface area contributed by atoms with E-state index in [0.29, 0.717) is 19.0 Å². The van der Waals surface area contributed by atoms with Crippen molar-refractivity contribution in [2.45, 2.75) is 63.7 Å². The molecule has 0 spiro atoms. The molecule has 6 heteroatoms. The average Bonchev–Trinajstić information content (AvgIpc) is 3.38. The van der Waals surface area contributed by atoms with Crippen LogP contribution < -0.4 is 5.32 Å². The van der Waals surface area contributed by atoms with Gasteiger partial charge in [-0.3, -0.25) is 0 Å². The predicted octanol–water partition coefficient (Wildman–Crippen LogP) is 4.66. The summed E-state index contributed by atoms with van der Waals surface area (Å²) in [6.45, 7) is 7.96. The van der Waals surface area contributed by atoms with E-state index in [2.05, 4.69) is 48.4 Å². The molecule has 0 atom stereocenters. The second-order valence-corrected chi connectivity index (χ2v) is 8.77. The lowest BCUT2D eigenvalue weighted by Gasteiger charge is -2.30. The summed E-state index contributed by atoms with van der Waals surface area (Å²) in [5, 5.41) is 11.4. The summed E-state index contributed by atoms with van der Waals surface area (Å²) in [7, 11) is 0. The van der Waals surface area contributed by atoms with Gasteiger partial charge in [0.25, 0.3) is 0 Å². The zero-order valence-electron chi connectivity index (χ0n) is 16.4. The van der Waals surface area contributed by atoms with Gasteiger partial charge in [-0.2, -0.15) is 0 Å². The van der Waals surface area contributed by atoms with Gasteiger partial charge >= 0.3 is 6.03 Å². The Bertz CT molecular complexity index is 794. The molecule has 2 amide bonds. The normalized spacial score (nSPS) is 18.6. The molecule has 4 rings (SSSR count). The molecule has 0 bridgehead atoms. The van der Waals surface area contributed by atoms with E-state index in [1.165, 1.54) is 5.56 Å². The number of piperidine rings is 1. The highest BCUT2D eigenvalue weighted by molar-refractivity contribution is 5.89. The standard InChI is InChI=1S/C21H28N4O2/c1-21(2,3)16-6-8-17(9-7-16)22-20(26)25-12-10-15(11-13-25)19-24-23-18(27-19)14-4-5-14/h6-9,14-15H,4-5,10-13H2,1-3H3,(H,22,26). The first-order valence-corrected chi connectivity index (χ1v) is 9.90. The SMILES string of the molecule is CC(C)(C)c1ccc(NC(=O)N2CCC(c3nnc(C4CC4)o3)CC2)cc1. The summed E-state index contributed by atoms with van der Waals surface area (Å²) in [4.78, 5) is 14.4. The van der Waals surface area contributed by atoms with Crippen molar-refractivity contribution >= 4 is 11.7 Å². The number of benzene rings is 1. The Labute approximate surface area is 160 Å². The van der Waals surface area contributed by atoms with Crippen LogP contribution in [0, 0.1) is 0 Å². The van der Waals surface area contributed by atoms with E-state index in [1.54, 1.807) is 0 Å². The highest BCUT2D eigenvalue weighted by atomic mass is 16.4. The summed E-state index contributed by atoms with van der Waals surface area (Å²) in [6, 6.07) is 8.07. The van der Waals surface area contributed by atoms with Gasteiger partial charge in [-0.05, 0) is 48.8 Å². The van der Waals surface area contributed by atoms with Crippen molar-refractivity contribution in [3.63, 3.8) is 0 Å². The molecule has 1 saturated heterocycles. The van der Waals surface area contributed by atoms with Gasteiger partial charge in [0.2, 0.25) is 11.8 Å². The van der Waals surface area contributed by atoms with E-state index >= 15 is 0 Å². The summed E-state index contributed by atoms with van der Waals surface area (Å²) in [5.74, 6) is 2.29. The number of likely N-dealkylation sites (tertiary alicyclic amines) is 1. The molecule has 2 aliphatic rings. The molecule has 2 fully saturated rings. The van der Waals surface area contributed by atoms with E-state index in [-0.39, 0.29) is 17.4 Å². The zero-order chi connectivity index (χ0) is 19.0. The lowest BCUT2D eigenvalue weighted by Crippen LogP contribution is -2.40. The predicted molar refractivity (Wildman–Crippen MR) is 104 cm³/mol. The van der Waals surface area contributed by atoms with Crippen LogP contribution in [-0.2, 0) is 5.41 Å². The Morgan fingerprint density at radius 1 is 1.00 bits per heavy atom. The van der Waals surface area contributed by atoms with E-state index in [9.17, 15) is 4.79 Å². The lowest BCUT2D eigenvalue weighted by molar-refractivity contribution is 0.189. The summed E-state index contributed by atoms with van der Waals surface area (Å²) < 4.78 is 5.84. The topological polar surface area (TPSA) is 71.3 Å². The third kappa shape index (κ3) is 4.15. The van der Waals surface area contributed by atoms with Crippen molar-refractivity contribution in [3.05, 3.63) is 41.6 Å². The number of hydrogen-bond acceptors (Lipinski definition) is 4. The number of carbonyl (C=O) groups is 1. The molecule has 2 aromatic rings. The molecule has 1 aliphatic heterocycles. The number of aromatic nitrogens is 2. The van der Waals surface area contributed by atoms with Crippen molar-refractivity contribution in [1.82, 2.24) is 15.1 Å². The van der Waals surface area contributed by atoms with Gasteiger partial charge in [0.05, 0.1) is 0 Å². The number of nitrogens with zero attached hydrogens (tertiary/aromatic N) is 3. The maximum absolute atomic E-state index is 12.6. The summed E-state index contributed by atoms with van der Waals surface area (Å²) in [6.07, 6.45) is 4.05. The number of anilines is 1. The fourth-order valence-electron chi connectivity index (χ4n) is 3.49. The first-order chi connectivity index (χ1) is 12.9. The number of nitrogens with one attached hydrogen (secondary N) is 1. The monoisotopic (exact) mass is 368 g/mol. The Morgan fingerprint density at radius 2 is 1.56 bits per heavy atom. The van der Waals surface area contributed by atoms with Crippen LogP contribution in [0.2, 0.25) is 0 Å². The smallest absolute Gasteiger partial charge is 0.321 e. The Morgan fingerprint density at radius 3 is 2.07 bits per heavy atom. The highest BCUT2D eigenvalue weighted by Gasteiger charge is 2.32. The first kappa shape index (κ1) is 18.0. The Hall–Kier alpha value is -2.37. The Kier molecular flexibility index (Phi) is 4.66. The number of rotatable bonds is 3. The average molecular weight is 368 g/mol. The van der Waals surface area contributed by atoms with Crippen molar-refractivity contribution in [2.24, 2.45) is 0 Å². The summed E-state index contributed by atoms with van der Waals surface area (Å²) in [5.41, 5.74) is 2.20. The molecule has 27 heavy (non-hydrogen) atoms. The van der Waals surface area contributed by atoms with E-state index in [1.807, 2.05) is 17.0 Å². The van der Waals surface area contributed by atoms with Crippen molar-refractivity contribution in [2.75, 3.05) is 18.4 Å². The minimum absolute atomic E-state index is 0.0406. The van der Waals surface area contributed by atoms with Crippen LogP contribution in [0.1, 0.15) is 75.6 Å². The fraction of sp³-hybridized carbons (Fsp3) is 0.571. The molecule has 1 N–H and O–H groups in total. The fourth-order valence-corrected chi connectivity index (χ4v) is 3.49. The van der Waals surface area contributed by atoms with Crippen molar-refractivity contribution in [1.29, 1.82) is 0 Å². The van der Waals surface area contributed by atoms with E-state index in [0.717, 1.165) is 43.2 Å². The van der Waals surface area contributed by atoms with E-state index in [4.69, 9.17) is 4.42 Å². The molecule has 2 heterocycles. The lowest BCUT2D eigenvalue weighted by atomic mass is 9.87.